The molecule has 2 N–H and O–H groups in total. The monoisotopic (exact) mass is 306 g/mol. The number of amides is 1. The van der Waals surface area contributed by atoms with Crippen molar-refractivity contribution in [2.75, 3.05) is 12.4 Å². The van der Waals surface area contributed by atoms with Gasteiger partial charge in [-0.05, 0) is 35.1 Å². The molecule has 0 aliphatic carbocycles. The number of halogens is 1. The Hall–Kier alpha value is -1.66. The van der Waals surface area contributed by atoms with Crippen molar-refractivity contribution >= 4 is 27.5 Å². The van der Waals surface area contributed by atoms with Crippen molar-refractivity contribution in [1.29, 1.82) is 0 Å². The largest absolute Gasteiger partial charge is 0.324 e. The molecule has 3 rings (SSSR count). The molecular weight excluding hydrogens is 296 g/mol. The number of benzene rings is 1. The molecule has 5 nitrogen and oxygen atoms in total. The maximum Gasteiger partial charge on any atom is 0.246 e. The van der Waals surface area contributed by atoms with Crippen molar-refractivity contribution in [3.63, 3.8) is 0 Å². The van der Waals surface area contributed by atoms with Crippen LogP contribution in [0, 0.1) is 0 Å². The number of hydrogen-bond acceptors (Lipinski definition) is 3. The number of imidazole rings is 1. The summed E-state index contributed by atoms with van der Waals surface area (Å²) in [7, 11) is 1.77. The second-order valence-corrected chi connectivity index (χ2v) is 4.93. The Morgan fingerprint density at radius 3 is 3.00 bits per heavy atom. The molecule has 1 aliphatic heterocycles. The summed E-state index contributed by atoms with van der Waals surface area (Å²) in [6, 6.07) is 3.62. The molecule has 0 fully saturated rings. The van der Waals surface area contributed by atoms with Crippen molar-refractivity contribution in [1.82, 2.24) is 14.9 Å². The minimum atomic E-state index is -0.284. The molecule has 0 spiro atoms. The van der Waals surface area contributed by atoms with Gasteiger partial charge in [-0.3, -0.25) is 4.79 Å². The molecule has 0 saturated carbocycles. The van der Waals surface area contributed by atoms with Gasteiger partial charge in [0.05, 0.1) is 12.0 Å². The number of aromatic nitrogens is 2. The van der Waals surface area contributed by atoms with E-state index in [1.165, 1.54) is 0 Å². The summed E-state index contributed by atoms with van der Waals surface area (Å²) in [5.74, 6) is -0.0258. The number of likely N-dealkylation sites (N-methyl/N-ethyl adjacent to an activating group) is 1. The Labute approximate surface area is 112 Å². The van der Waals surface area contributed by atoms with Crippen LogP contribution in [0.5, 0.6) is 0 Å². The summed E-state index contributed by atoms with van der Waals surface area (Å²) in [5, 5.41) is 5.87. The SMILES string of the molecule is CNC1C(=O)Nc2cc(-n3ccnc3)c(Br)cc21. The van der Waals surface area contributed by atoms with Gasteiger partial charge in [0.15, 0.2) is 0 Å². The summed E-state index contributed by atoms with van der Waals surface area (Å²) in [6.07, 6.45) is 5.30. The predicted octanol–water partition coefficient (Wildman–Crippen LogP) is 1.85. The van der Waals surface area contributed by atoms with Gasteiger partial charge in [-0.1, -0.05) is 0 Å². The first-order valence-electron chi connectivity index (χ1n) is 5.50. The molecule has 1 aromatic carbocycles. The lowest BCUT2D eigenvalue weighted by atomic mass is 10.1. The summed E-state index contributed by atoms with van der Waals surface area (Å²) >= 11 is 3.53. The fourth-order valence-corrected chi connectivity index (χ4v) is 2.72. The van der Waals surface area contributed by atoms with E-state index in [1.54, 1.807) is 19.6 Å². The molecule has 1 unspecified atom stereocenters. The first-order chi connectivity index (χ1) is 8.70. The predicted molar refractivity (Wildman–Crippen MR) is 71.7 cm³/mol. The number of hydrogen-bond donors (Lipinski definition) is 2. The van der Waals surface area contributed by atoms with Gasteiger partial charge in [-0.2, -0.15) is 0 Å². The standard InChI is InChI=1S/C12H11BrN4O/c1-14-11-7-4-8(13)10(17-3-2-15-6-17)5-9(7)16-12(11)18/h2-6,11,14H,1H3,(H,16,18). The summed E-state index contributed by atoms with van der Waals surface area (Å²) < 4.78 is 2.82. The van der Waals surface area contributed by atoms with Crippen LogP contribution in [-0.2, 0) is 4.79 Å². The average molecular weight is 307 g/mol. The average Bonchev–Trinajstić information content (AvgIpc) is 2.94. The van der Waals surface area contributed by atoms with Gasteiger partial charge in [-0.15, -0.1) is 0 Å². The van der Waals surface area contributed by atoms with Crippen LogP contribution in [-0.4, -0.2) is 22.5 Å². The van der Waals surface area contributed by atoms with Crippen LogP contribution in [0.4, 0.5) is 5.69 Å². The highest BCUT2D eigenvalue weighted by molar-refractivity contribution is 9.10. The summed E-state index contributed by atoms with van der Waals surface area (Å²) in [5.41, 5.74) is 2.74. The first kappa shape index (κ1) is 11.4. The van der Waals surface area contributed by atoms with Crippen molar-refractivity contribution in [3.8, 4) is 5.69 Å². The van der Waals surface area contributed by atoms with Crippen molar-refractivity contribution < 1.29 is 4.79 Å². The zero-order valence-electron chi connectivity index (χ0n) is 9.64. The zero-order valence-corrected chi connectivity index (χ0v) is 11.2. The maximum atomic E-state index is 11.8. The lowest BCUT2D eigenvalue weighted by Crippen LogP contribution is -2.23. The van der Waals surface area contributed by atoms with Crippen LogP contribution in [0.3, 0.4) is 0 Å². The number of fused-ring (bicyclic) bond motifs is 1. The van der Waals surface area contributed by atoms with Gasteiger partial charge in [0.1, 0.15) is 6.04 Å². The normalized spacial score (nSPS) is 17.7. The molecule has 1 atom stereocenters. The van der Waals surface area contributed by atoms with E-state index in [0.29, 0.717) is 0 Å². The lowest BCUT2D eigenvalue weighted by Gasteiger charge is -2.10. The smallest absolute Gasteiger partial charge is 0.246 e. The third-order valence-electron chi connectivity index (χ3n) is 3.02. The van der Waals surface area contributed by atoms with Gasteiger partial charge < -0.3 is 15.2 Å². The number of nitrogens with zero attached hydrogens (tertiary/aromatic N) is 2. The number of nitrogens with one attached hydrogen (secondary N) is 2. The minimum absolute atomic E-state index is 0.0258. The fraction of sp³-hybridized carbons (Fsp3) is 0.167. The Kier molecular flexibility index (Phi) is 2.68. The minimum Gasteiger partial charge on any atom is -0.324 e. The van der Waals surface area contributed by atoms with E-state index in [4.69, 9.17) is 0 Å². The van der Waals surface area contributed by atoms with Gasteiger partial charge in [-0.25, -0.2) is 4.98 Å². The number of carbonyl (C=O) groups excluding carboxylic acids is 1. The van der Waals surface area contributed by atoms with E-state index in [2.05, 4.69) is 31.5 Å². The van der Waals surface area contributed by atoms with Crippen molar-refractivity contribution in [3.05, 3.63) is 40.9 Å². The number of rotatable bonds is 2. The zero-order chi connectivity index (χ0) is 12.7. The molecular formula is C12H11BrN4O. The third kappa shape index (κ3) is 1.65. The second-order valence-electron chi connectivity index (χ2n) is 4.07. The molecule has 0 bridgehead atoms. The third-order valence-corrected chi connectivity index (χ3v) is 3.66. The molecule has 0 saturated heterocycles. The highest BCUT2D eigenvalue weighted by Gasteiger charge is 2.30. The highest BCUT2D eigenvalue weighted by atomic mass is 79.9. The number of carbonyl (C=O) groups is 1. The molecule has 2 aromatic rings. The Balaban J connectivity index is 2.13. The Morgan fingerprint density at radius 1 is 1.50 bits per heavy atom. The summed E-state index contributed by atoms with van der Waals surface area (Å²) in [4.78, 5) is 15.8. The van der Waals surface area contributed by atoms with E-state index in [0.717, 1.165) is 21.4 Å². The van der Waals surface area contributed by atoms with Gasteiger partial charge >= 0.3 is 0 Å². The van der Waals surface area contributed by atoms with E-state index in [-0.39, 0.29) is 11.9 Å². The molecule has 18 heavy (non-hydrogen) atoms. The van der Waals surface area contributed by atoms with Crippen molar-refractivity contribution in [2.45, 2.75) is 6.04 Å². The quantitative estimate of drug-likeness (QED) is 0.890. The van der Waals surface area contributed by atoms with Crippen LogP contribution in [0.15, 0.2) is 35.3 Å². The Bertz CT molecular complexity index is 609. The van der Waals surface area contributed by atoms with Crippen molar-refractivity contribution in [2.24, 2.45) is 0 Å². The first-order valence-corrected chi connectivity index (χ1v) is 6.30. The molecule has 0 radical (unpaired) electrons. The lowest BCUT2D eigenvalue weighted by molar-refractivity contribution is -0.117. The van der Waals surface area contributed by atoms with Crippen LogP contribution in [0.25, 0.3) is 5.69 Å². The summed E-state index contributed by atoms with van der Waals surface area (Å²) in [6.45, 7) is 0. The van der Waals surface area contributed by atoms with E-state index >= 15 is 0 Å². The van der Waals surface area contributed by atoms with Gasteiger partial charge in [0.25, 0.3) is 0 Å². The molecule has 2 heterocycles. The number of anilines is 1. The molecule has 1 aromatic heterocycles. The maximum absolute atomic E-state index is 11.8. The molecule has 1 amide bonds. The topological polar surface area (TPSA) is 59.0 Å². The van der Waals surface area contributed by atoms with E-state index in [1.807, 2.05) is 22.9 Å². The van der Waals surface area contributed by atoms with Crippen LogP contribution in [0.2, 0.25) is 0 Å². The molecule has 1 aliphatic rings. The van der Waals surface area contributed by atoms with E-state index < -0.39 is 0 Å². The van der Waals surface area contributed by atoms with E-state index in [9.17, 15) is 4.79 Å². The van der Waals surface area contributed by atoms with Crippen LogP contribution < -0.4 is 10.6 Å². The van der Waals surface area contributed by atoms with Crippen LogP contribution >= 0.6 is 15.9 Å². The molecule has 6 heteroatoms. The second kappa shape index (κ2) is 4.22. The Morgan fingerprint density at radius 2 is 2.33 bits per heavy atom. The fourth-order valence-electron chi connectivity index (χ4n) is 2.16. The van der Waals surface area contributed by atoms with Gasteiger partial charge in [0, 0.05) is 28.1 Å². The highest BCUT2D eigenvalue weighted by Crippen LogP contribution is 2.36. The van der Waals surface area contributed by atoms with Gasteiger partial charge in [0.2, 0.25) is 5.91 Å². The van der Waals surface area contributed by atoms with Crippen LogP contribution in [0.1, 0.15) is 11.6 Å². The molecule has 92 valence electrons.